The standard InChI is InChI=1S/C20H28FN3O3/c1-2-27-20(26)24-8-6-18(7-9-24)22-10-12-23(13-11-22)19(25)15-16-4-3-5-17(21)14-16/h3-5,14,18H,2,6-13,15H2,1H3. The van der Waals surface area contributed by atoms with Crippen LogP contribution >= 0.6 is 0 Å². The highest BCUT2D eigenvalue weighted by molar-refractivity contribution is 5.78. The first-order valence-electron chi connectivity index (χ1n) is 9.74. The average Bonchev–Trinajstić information content (AvgIpc) is 2.68. The summed E-state index contributed by atoms with van der Waals surface area (Å²) in [6.07, 6.45) is 1.91. The van der Waals surface area contributed by atoms with Crippen molar-refractivity contribution in [3.63, 3.8) is 0 Å². The number of amides is 2. The summed E-state index contributed by atoms with van der Waals surface area (Å²) in [5.74, 6) is -0.253. The molecule has 7 heteroatoms. The number of halogens is 1. The van der Waals surface area contributed by atoms with Crippen molar-refractivity contribution in [2.45, 2.75) is 32.2 Å². The molecule has 0 unspecified atom stereocenters. The van der Waals surface area contributed by atoms with E-state index in [9.17, 15) is 14.0 Å². The van der Waals surface area contributed by atoms with Crippen LogP contribution in [0, 0.1) is 5.82 Å². The Hall–Kier alpha value is -2.15. The van der Waals surface area contributed by atoms with E-state index < -0.39 is 0 Å². The highest BCUT2D eigenvalue weighted by Crippen LogP contribution is 2.19. The van der Waals surface area contributed by atoms with E-state index in [4.69, 9.17) is 4.74 Å². The van der Waals surface area contributed by atoms with Crippen LogP contribution < -0.4 is 0 Å². The minimum Gasteiger partial charge on any atom is -0.450 e. The van der Waals surface area contributed by atoms with Gasteiger partial charge in [0.15, 0.2) is 0 Å². The Labute approximate surface area is 159 Å². The molecule has 1 aromatic rings. The molecular formula is C20H28FN3O3. The van der Waals surface area contributed by atoms with E-state index in [1.54, 1.807) is 17.0 Å². The van der Waals surface area contributed by atoms with Gasteiger partial charge in [-0.3, -0.25) is 9.69 Å². The Bertz CT molecular complexity index is 654. The first-order valence-corrected chi connectivity index (χ1v) is 9.74. The van der Waals surface area contributed by atoms with Crippen molar-refractivity contribution in [2.75, 3.05) is 45.9 Å². The number of rotatable bonds is 4. The number of hydrogen-bond acceptors (Lipinski definition) is 4. The van der Waals surface area contributed by atoms with Crippen molar-refractivity contribution in [1.29, 1.82) is 0 Å². The highest BCUT2D eigenvalue weighted by Gasteiger charge is 2.30. The number of piperidine rings is 1. The van der Waals surface area contributed by atoms with Gasteiger partial charge in [-0.1, -0.05) is 12.1 Å². The molecule has 2 aliphatic heterocycles. The zero-order valence-electron chi connectivity index (χ0n) is 15.9. The minimum absolute atomic E-state index is 0.0531. The largest absolute Gasteiger partial charge is 0.450 e. The Morgan fingerprint density at radius 2 is 1.78 bits per heavy atom. The molecule has 0 spiro atoms. The lowest BCUT2D eigenvalue weighted by Gasteiger charge is -2.42. The molecule has 0 saturated carbocycles. The van der Waals surface area contributed by atoms with Crippen LogP contribution in [-0.4, -0.2) is 78.6 Å². The smallest absolute Gasteiger partial charge is 0.409 e. The van der Waals surface area contributed by atoms with E-state index in [0.29, 0.717) is 31.3 Å². The summed E-state index contributed by atoms with van der Waals surface area (Å²) in [6.45, 7) is 6.77. The number of benzene rings is 1. The SMILES string of the molecule is CCOC(=O)N1CCC(N2CCN(C(=O)Cc3cccc(F)c3)CC2)CC1. The molecule has 0 aromatic heterocycles. The Morgan fingerprint density at radius 1 is 1.07 bits per heavy atom. The van der Waals surface area contributed by atoms with Crippen molar-refractivity contribution >= 4 is 12.0 Å². The lowest BCUT2D eigenvalue weighted by Crippen LogP contribution is -2.55. The quantitative estimate of drug-likeness (QED) is 0.807. The molecule has 2 amide bonds. The summed E-state index contributed by atoms with van der Waals surface area (Å²) in [5, 5.41) is 0. The zero-order chi connectivity index (χ0) is 19.2. The fourth-order valence-electron chi connectivity index (χ4n) is 3.90. The topological polar surface area (TPSA) is 53.1 Å². The van der Waals surface area contributed by atoms with Gasteiger partial charge in [-0.25, -0.2) is 9.18 Å². The summed E-state index contributed by atoms with van der Waals surface area (Å²) in [7, 11) is 0. The maximum Gasteiger partial charge on any atom is 0.409 e. The normalized spacial score (nSPS) is 19.2. The Kier molecular flexibility index (Phi) is 6.66. The number of piperazine rings is 1. The molecule has 3 rings (SSSR count). The predicted molar refractivity (Wildman–Crippen MR) is 99.9 cm³/mol. The van der Waals surface area contributed by atoms with Gasteiger partial charge in [0.05, 0.1) is 13.0 Å². The van der Waals surface area contributed by atoms with Crippen LogP contribution in [0.15, 0.2) is 24.3 Å². The average molecular weight is 377 g/mol. The van der Waals surface area contributed by atoms with E-state index in [0.717, 1.165) is 39.0 Å². The van der Waals surface area contributed by atoms with Crippen LogP contribution in [0.4, 0.5) is 9.18 Å². The second-order valence-electron chi connectivity index (χ2n) is 7.14. The van der Waals surface area contributed by atoms with Crippen LogP contribution in [0.3, 0.4) is 0 Å². The molecule has 2 saturated heterocycles. The summed E-state index contributed by atoms with van der Waals surface area (Å²) in [5.41, 5.74) is 0.716. The highest BCUT2D eigenvalue weighted by atomic mass is 19.1. The Morgan fingerprint density at radius 3 is 2.41 bits per heavy atom. The van der Waals surface area contributed by atoms with Gasteiger partial charge in [0.1, 0.15) is 5.82 Å². The number of likely N-dealkylation sites (tertiary alicyclic amines) is 1. The summed E-state index contributed by atoms with van der Waals surface area (Å²) in [6, 6.07) is 6.69. The predicted octanol–water partition coefficient (Wildman–Crippen LogP) is 2.13. The summed E-state index contributed by atoms with van der Waals surface area (Å²) in [4.78, 5) is 30.3. The first-order chi connectivity index (χ1) is 13.1. The van der Waals surface area contributed by atoms with Gasteiger partial charge >= 0.3 is 6.09 Å². The van der Waals surface area contributed by atoms with Gasteiger partial charge in [-0.15, -0.1) is 0 Å². The molecule has 2 fully saturated rings. The molecular weight excluding hydrogens is 349 g/mol. The Balaban J connectivity index is 1.42. The third-order valence-electron chi connectivity index (χ3n) is 5.42. The van der Waals surface area contributed by atoms with Crippen LogP contribution in [0.2, 0.25) is 0 Å². The molecule has 0 radical (unpaired) electrons. The number of hydrogen-bond donors (Lipinski definition) is 0. The van der Waals surface area contributed by atoms with Gasteiger partial charge < -0.3 is 14.5 Å². The van der Waals surface area contributed by atoms with Crippen molar-refractivity contribution in [2.24, 2.45) is 0 Å². The second-order valence-corrected chi connectivity index (χ2v) is 7.14. The zero-order valence-corrected chi connectivity index (χ0v) is 15.9. The van der Waals surface area contributed by atoms with Crippen LogP contribution in [-0.2, 0) is 16.0 Å². The van der Waals surface area contributed by atoms with E-state index in [1.165, 1.54) is 12.1 Å². The number of carbonyl (C=O) groups is 2. The van der Waals surface area contributed by atoms with Gasteiger partial charge in [0, 0.05) is 45.3 Å². The second kappa shape index (κ2) is 9.17. The van der Waals surface area contributed by atoms with Crippen LogP contribution in [0.5, 0.6) is 0 Å². The summed E-state index contributed by atoms with van der Waals surface area (Å²) < 4.78 is 18.3. The van der Waals surface area contributed by atoms with Crippen molar-refractivity contribution < 1.29 is 18.7 Å². The molecule has 0 bridgehead atoms. The van der Waals surface area contributed by atoms with Gasteiger partial charge in [-0.05, 0) is 37.5 Å². The molecule has 2 heterocycles. The number of carbonyl (C=O) groups excluding carboxylic acids is 2. The minimum atomic E-state index is -0.306. The number of nitrogens with zero attached hydrogens (tertiary/aromatic N) is 3. The van der Waals surface area contributed by atoms with Gasteiger partial charge in [-0.2, -0.15) is 0 Å². The molecule has 6 nitrogen and oxygen atoms in total. The lowest BCUT2D eigenvalue weighted by atomic mass is 10.0. The van der Waals surface area contributed by atoms with Crippen molar-refractivity contribution in [3.8, 4) is 0 Å². The third-order valence-corrected chi connectivity index (χ3v) is 5.42. The van der Waals surface area contributed by atoms with E-state index in [2.05, 4.69) is 4.90 Å². The van der Waals surface area contributed by atoms with E-state index in [1.807, 2.05) is 11.8 Å². The monoisotopic (exact) mass is 377 g/mol. The molecule has 148 valence electrons. The molecule has 0 aliphatic carbocycles. The van der Waals surface area contributed by atoms with Crippen LogP contribution in [0.1, 0.15) is 25.3 Å². The van der Waals surface area contributed by atoms with Crippen LogP contribution in [0.25, 0.3) is 0 Å². The molecule has 2 aliphatic rings. The van der Waals surface area contributed by atoms with Gasteiger partial charge in [0.25, 0.3) is 0 Å². The molecule has 0 atom stereocenters. The van der Waals surface area contributed by atoms with E-state index >= 15 is 0 Å². The van der Waals surface area contributed by atoms with Crippen molar-refractivity contribution in [3.05, 3.63) is 35.6 Å². The number of ether oxygens (including phenoxy) is 1. The molecule has 0 N–H and O–H groups in total. The first kappa shape index (κ1) is 19.6. The fraction of sp³-hybridized carbons (Fsp3) is 0.600. The maximum atomic E-state index is 13.3. The lowest BCUT2D eigenvalue weighted by molar-refractivity contribution is -0.132. The van der Waals surface area contributed by atoms with Gasteiger partial charge in [0.2, 0.25) is 5.91 Å². The molecule has 27 heavy (non-hydrogen) atoms. The fourth-order valence-corrected chi connectivity index (χ4v) is 3.90. The third kappa shape index (κ3) is 5.19. The summed E-state index contributed by atoms with van der Waals surface area (Å²) >= 11 is 0. The maximum absolute atomic E-state index is 13.3. The van der Waals surface area contributed by atoms with Crippen molar-refractivity contribution in [1.82, 2.24) is 14.7 Å². The van der Waals surface area contributed by atoms with E-state index in [-0.39, 0.29) is 24.2 Å². The molecule has 1 aromatic carbocycles.